The van der Waals surface area contributed by atoms with Gasteiger partial charge in [0.25, 0.3) is 0 Å². The van der Waals surface area contributed by atoms with Gasteiger partial charge in [0.1, 0.15) is 6.61 Å². The van der Waals surface area contributed by atoms with Crippen molar-refractivity contribution >= 4 is 12.1 Å². The number of carboxylic acid groups (broad SMARTS) is 1. The van der Waals surface area contributed by atoms with Gasteiger partial charge in [0.05, 0.1) is 5.92 Å². The molecule has 0 aromatic heterocycles. The summed E-state index contributed by atoms with van der Waals surface area (Å²) in [7, 11) is 0. The molecule has 23 heavy (non-hydrogen) atoms. The molecular weight excluding hydrogens is 294 g/mol. The third-order valence-electron chi connectivity index (χ3n) is 4.49. The molecular formula is C18H25NO4. The number of carboxylic acids is 1. The summed E-state index contributed by atoms with van der Waals surface area (Å²) in [6.45, 7) is 7.20. The lowest BCUT2D eigenvalue weighted by molar-refractivity contribution is -0.144. The second kappa shape index (κ2) is 7.02. The SMILES string of the molecule is CC(C)(C)[C@@H]1C[C@@H](C(=O)O)CN(C(=O)OCc2ccccc2)C1. The fraction of sp³-hybridized carbons (Fsp3) is 0.556. The zero-order chi connectivity index (χ0) is 17.0. The summed E-state index contributed by atoms with van der Waals surface area (Å²) in [6.07, 6.45) is 0.162. The molecule has 0 radical (unpaired) electrons. The van der Waals surface area contributed by atoms with E-state index < -0.39 is 18.0 Å². The van der Waals surface area contributed by atoms with Crippen molar-refractivity contribution in [2.75, 3.05) is 13.1 Å². The molecule has 2 atom stereocenters. The molecule has 1 heterocycles. The molecule has 1 aliphatic heterocycles. The maximum Gasteiger partial charge on any atom is 0.410 e. The van der Waals surface area contributed by atoms with Gasteiger partial charge in [-0.1, -0.05) is 51.1 Å². The van der Waals surface area contributed by atoms with Gasteiger partial charge in [-0.15, -0.1) is 0 Å². The van der Waals surface area contributed by atoms with Crippen molar-refractivity contribution in [1.82, 2.24) is 4.90 Å². The number of hydrogen-bond donors (Lipinski definition) is 1. The van der Waals surface area contributed by atoms with Crippen molar-refractivity contribution in [3.05, 3.63) is 35.9 Å². The number of ether oxygens (including phenoxy) is 1. The summed E-state index contributed by atoms with van der Waals surface area (Å²) in [5.41, 5.74) is 0.867. The molecule has 2 rings (SSSR count). The highest BCUT2D eigenvalue weighted by molar-refractivity contribution is 5.73. The number of likely N-dealkylation sites (tertiary alicyclic amines) is 1. The highest BCUT2D eigenvalue weighted by atomic mass is 16.6. The van der Waals surface area contributed by atoms with Crippen LogP contribution in [0.1, 0.15) is 32.8 Å². The monoisotopic (exact) mass is 319 g/mol. The maximum atomic E-state index is 12.3. The predicted octanol–water partition coefficient (Wildman–Crippen LogP) is 3.39. The molecule has 1 aliphatic rings. The smallest absolute Gasteiger partial charge is 0.410 e. The van der Waals surface area contributed by atoms with E-state index in [9.17, 15) is 14.7 Å². The fourth-order valence-electron chi connectivity index (χ4n) is 2.87. The lowest BCUT2D eigenvalue weighted by Gasteiger charge is -2.41. The predicted molar refractivity (Wildman–Crippen MR) is 86.9 cm³/mol. The number of nitrogens with zero attached hydrogens (tertiary/aromatic N) is 1. The first-order valence-corrected chi connectivity index (χ1v) is 7.96. The summed E-state index contributed by atoms with van der Waals surface area (Å²) >= 11 is 0. The van der Waals surface area contributed by atoms with Gasteiger partial charge in [0.2, 0.25) is 0 Å². The Morgan fingerprint density at radius 1 is 1.22 bits per heavy atom. The van der Waals surface area contributed by atoms with E-state index in [1.54, 1.807) is 4.90 Å². The van der Waals surface area contributed by atoms with Crippen molar-refractivity contribution in [3.8, 4) is 0 Å². The molecule has 0 aliphatic carbocycles. The Labute approximate surface area is 137 Å². The largest absolute Gasteiger partial charge is 0.481 e. The number of carbonyl (C=O) groups is 2. The third kappa shape index (κ3) is 4.71. The van der Waals surface area contributed by atoms with Gasteiger partial charge in [-0.2, -0.15) is 0 Å². The molecule has 1 fully saturated rings. The van der Waals surface area contributed by atoms with Crippen LogP contribution in [0.4, 0.5) is 4.79 Å². The minimum Gasteiger partial charge on any atom is -0.481 e. The number of benzene rings is 1. The second-order valence-corrected chi connectivity index (χ2v) is 7.28. The van der Waals surface area contributed by atoms with Crippen LogP contribution in [0.2, 0.25) is 0 Å². The van der Waals surface area contributed by atoms with Crippen LogP contribution in [0.15, 0.2) is 30.3 Å². The number of amides is 1. The van der Waals surface area contributed by atoms with Crippen molar-refractivity contribution in [2.45, 2.75) is 33.8 Å². The second-order valence-electron chi connectivity index (χ2n) is 7.28. The molecule has 1 aromatic carbocycles. The molecule has 0 saturated carbocycles. The maximum absolute atomic E-state index is 12.3. The van der Waals surface area contributed by atoms with Crippen molar-refractivity contribution < 1.29 is 19.4 Å². The van der Waals surface area contributed by atoms with Crippen LogP contribution in [0.25, 0.3) is 0 Å². The third-order valence-corrected chi connectivity index (χ3v) is 4.49. The minimum atomic E-state index is -0.847. The molecule has 1 saturated heterocycles. The average Bonchev–Trinajstić information content (AvgIpc) is 2.52. The highest BCUT2D eigenvalue weighted by Gasteiger charge is 2.39. The molecule has 1 amide bonds. The summed E-state index contributed by atoms with van der Waals surface area (Å²) < 4.78 is 5.35. The van der Waals surface area contributed by atoms with Gasteiger partial charge in [0.15, 0.2) is 0 Å². The first-order chi connectivity index (χ1) is 10.8. The molecule has 1 aromatic rings. The van der Waals surface area contributed by atoms with Gasteiger partial charge in [-0.3, -0.25) is 4.79 Å². The van der Waals surface area contributed by atoms with E-state index in [1.165, 1.54) is 0 Å². The van der Waals surface area contributed by atoms with Crippen molar-refractivity contribution in [2.24, 2.45) is 17.3 Å². The van der Waals surface area contributed by atoms with E-state index in [2.05, 4.69) is 20.8 Å². The quantitative estimate of drug-likeness (QED) is 0.927. The minimum absolute atomic E-state index is 0.0495. The van der Waals surface area contributed by atoms with E-state index in [0.29, 0.717) is 13.0 Å². The van der Waals surface area contributed by atoms with Crippen LogP contribution in [0.3, 0.4) is 0 Å². The topological polar surface area (TPSA) is 66.8 Å². The molecule has 5 heteroatoms. The van der Waals surface area contributed by atoms with Crippen LogP contribution in [0.5, 0.6) is 0 Å². The van der Waals surface area contributed by atoms with Gasteiger partial charge in [-0.05, 0) is 23.3 Å². The van der Waals surface area contributed by atoms with Crippen molar-refractivity contribution in [1.29, 1.82) is 0 Å². The molecule has 5 nitrogen and oxygen atoms in total. The Bertz CT molecular complexity index is 550. The van der Waals surface area contributed by atoms with Crippen LogP contribution in [-0.2, 0) is 16.1 Å². The molecule has 126 valence electrons. The van der Waals surface area contributed by atoms with Gasteiger partial charge >= 0.3 is 12.1 Å². The number of carbonyl (C=O) groups excluding carboxylic acids is 1. The van der Waals surface area contributed by atoms with Crippen LogP contribution in [0, 0.1) is 17.3 Å². The summed E-state index contributed by atoms with van der Waals surface area (Å²) in [4.78, 5) is 25.3. The Morgan fingerprint density at radius 2 is 1.87 bits per heavy atom. The lowest BCUT2D eigenvalue weighted by atomic mass is 9.73. The highest BCUT2D eigenvalue weighted by Crippen LogP contribution is 2.35. The van der Waals surface area contributed by atoms with Gasteiger partial charge < -0.3 is 14.7 Å². The summed E-state index contributed by atoms with van der Waals surface area (Å²) in [5, 5.41) is 9.35. The van der Waals surface area contributed by atoms with Crippen molar-refractivity contribution in [3.63, 3.8) is 0 Å². The Balaban J connectivity index is 2.01. The van der Waals surface area contributed by atoms with Crippen LogP contribution >= 0.6 is 0 Å². The lowest BCUT2D eigenvalue weighted by Crippen LogP contribution is -2.49. The van der Waals surface area contributed by atoms with E-state index in [4.69, 9.17) is 4.74 Å². The number of hydrogen-bond acceptors (Lipinski definition) is 3. The zero-order valence-electron chi connectivity index (χ0n) is 14.0. The van der Waals surface area contributed by atoms with E-state index in [-0.39, 0.29) is 24.5 Å². The van der Waals surface area contributed by atoms with Crippen LogP contribution in [-0.4, -0.2) is 35.2 Å². The molecule has 0 spiro atoms. The average molecular weight is 319 g/mol. The molecule has 0 bridgehead atoms. The van der Waals surface area contributed by atoms with E-state index >= 15 is 0 Å². The number of rotatable bonds is 3. The van der Waals surface area contributed by atoms with Gasteiger partial charge in [0, 0.05) is 13.1 Å². The summed E-state index contributed by atoms with van der Waals surface area (Å²) in [5.74, 6) is -1.24. The Kier molecular flexibility index (Phi) is 5.29. The molecule has 0 unspecified atom stereocenters. The molecule has 1 N–H and O–H groups in total. The normalized spacial score (nSPS) is 21.8. The van der Waals surface area contributed by atoms with E-state index in [1.807, 2.05) is 30.3 Å². The van der Waals surface area contributed by atoms with Crippen LogP contribution < -0.4 is 0 Å². The van der Waals surface area contributed by atoms with Gasteiger partial charge in [-0.25, -0.2) is 4.79 Å². The van der Waals surface area contributed by atoms with E-state index in [0.717, 1.165) is 5.56 Å². The summed E-state index contributed by atoms with van der Waals surface area (Å²) in [6, 6.07) is 9.46. The number of aliphatic carboxylic acids is 1. The Hall–Kier alpha value is -2.04. The zero-order valence-corrected chi connectivity index (χ0v) is 14.0. The standard InChI is InChI=1S/C18H25NO4/c1-18(2,3)15-9-14(16(20)21)10-19(11-15)17(22)23-12-13-7-5-4-6-8-13/h4-8,14-15H,9-12H2,1-3H3,(H,20,21)/t14-,15-/m1/s1. The Morgan fingerprint density at radius 3 is 2.43 bits per heavy atom. The first kappa shape index (κ1) is 17.3. The fourth-order valence-corrected chi connectivity index (χ4v) is 2.87. The number of piperidine rings is 1. The first-order valence-electron chi connectivity index (χ1n) is 7.96.